The molecule has 0 radical (unpaired) electrons. The van der Waals surface area contributed by atoms with E-state index in [2.05, 4.69) is 33.5 Å². The number of aromatic nitrogens is 4. The predicted octanol–water partition coefficient (Wildman–Crippen LogP) is 2.37. The number of likely N-dealkylation sites (tertiary alicyclic amines) is 1. The minimum absolute atomic E-state index is 0.142. The Morgan fingerprint density at radius 2 is 1.94 bits per heavy atom. The predicted molar refractivity (Wildman–Crippen MR) is 120 cm³/mol. The summed E-state index contributed by atoms with van der Waals surface area (Å²) in [7, 11) is 2.40. The third-order valence-corrected chi connectivity index (χ3v) is 5.64. The maximum Gasteiger partial charge on any atom is 0.254 e. The van der Waals surface area contributed by atoms with Crippen LogP contribution in [-0.2, 0) is 4.79 Å². The van der Waals surface area contributed by atoms with E-state index in [-0.39, 0.29) is 23.5 Å². The maximum atomic E-state index is 14.7. The summed E-state index contributed by atoms with van der Waals surface area (Å²) in [6.45, 7) is 6.36. The molecule has 9 nitrogen and oxygen atoms in total. The van der Waals surface area contributed by atoms with Crippen molar-refractivity contribution in [2.75, 3.05) is 33.0 Å². The summed E-state index contributed by atoms with van der Waals surface area (Å²) in [5.74, 6) is 2.21. The Morgan fingerprint density at radius 1 is 1.26 bits per heavy atom. The number of methoxy groups -OCH3 is 2. The molecule has 1 saturated heterocycles. The van der Waals surface area contributed by atoms with Crippen molar-refractivity contribution in [1.82, 2.24) is 24.6 Å². The van der Waals surface area contributed by atoms with Gasteiger partial charge in [-0.2, -0.15) is 18.9 Å². The van der Waals surface area contributed by atoms with Gasteiger partial charge < -0.3 is 20.1 Å². The first kappa shape index (κ1) is 23.0. The van der Waals surface area contributed by atoms with Gasteiger partial charge in [-0.05, 0) is 30.9 Å². The smallest absolute Gasteiger partial charge is 0.254 e. The largest absolute Gasteiger partial charge is 0.479 e. The number of hydrogen-bond donors (Lipinski definition) is 1. The molecule has 2 N–H and O–H groups in total. The zero-order chi connectivity index (χ0) is 24.6. The van der Waals surface area contributed by atoms with E-state index < -0.39 is 29.0 Å². The number of anilines is 1. The van der Waals surface area contributed by atoms with Crippen molar-refractivity contribution in [1.29, 1.82) is 0 Å². The topological polar surface area (TPSA) is 108 Å². The molecular formula is C23H22F2N6O3. The lowest BCUT2D eigenvalue weighted by Crippen LogP contribution is -2.27. The lowest BCUT2D eigenvalue weighted by molar-refractivity contribution is -0.125. The van der Waals surface area contributed by atoms with E-state index in [0.29, 0.717) is 30.4 Å². The second kappa shape index (κ2) is 8.97. The van der Waals surface area contributed by atoms with Gasteiger partial charge in [0.05, 0.1) is 31.2 Å². The fourth-order valence-electron chi connectivity index (χ4n) is 3.97. The number of nitrogens with two attached hydrogens (primary N) is 1. The van der Waals surface area contributed by atoms with Crippen LogP contribution in [0.15, 0.2) is 18.9 Å². The molecule has 4 heterocycles. The number of carbonyl (C=O) groups excluding carboxylic acids is 1. The Morgan fingerprint density at radius 3 is 2.56 bits per heavy atom. The lowest BCUT2D eigenvalue weighted by atomic mass is 10.1. The molecule has 0 aromatic carbocycles. The molecule has 3 aromatic heterocycles. The number of rotatable bonds is 4. The quantitative estimate of drug-likeness (QED) is 0.463. The summed E-state index contributed by atoms with van der Waals surface area (Å²) < 4.78 is 40.9. The molecule has 0 saturated carbocycles. The Labute approximate surface area is 194 Å². The molecule has 1 aliphatic rings. The molecule has 4 rings (SSSR count). The minimum Gasteiger partial charge on any atom is -0.479 e. The summed E-state index contributed by atoms with van der Waals surface area (Å²) in [4.78, 5) is 21.5. The molecule has 0 bridgehead atoms. The van der Waals surface area contributed by atoms with Crippen molar-refractivity contribution in [3.05, 3.63) is 47.3 Å². The molecule has 176 valence electrons. The summed E-state index contributed by atoms with van der Waals surface area (Å²) in [6, 6.07) is -0.142. The number of carbonyl (C=O) groups is 1. The number of pyridine rings is 2. The van der Waals surface area contributed by atoms with E-state index in [1.165, 1.54) is 20.3 Å². The molecule has 0 spiro atoms. The molecule has 34 heavy (non-hydrogen) atoms. The van der Waals surface area contributed by atoms with Gasteiger partial charge in [-0.1, -0.05) is 12.5 Å². The highest BCUT2D eigenvalue weighted by Gasteiger charge is 2.29. The van der Waals surface area contributed by atoms with E-state index >= 15 is 0 Å². The fourth-order valence-corrected chi connectivity index (χ4v) is 3.97. The summed E-state index contributed by atoms with van der Waals surface area (Å²) in [5.41, 5.74) is 7.26. The zero-order valence-electron chi connectivity index (χ0n) is 18.9. The minimum atomic E-state index is -1.06. The lowest BCUT2D eigenvalue weighted by Gasteiger charge is -2.15. The van der Waals surface area contributed by atoms with Gasteiger partial charge in [0, 0.05) is 19.3 Å². The number of aryl methyl sites for hydroxylation is 1. The van der Waals surface area contributed by atoms with Gasteiger partial charge in [0.1, 0.15) is 17.1 Å². The van der Waals surface area contributed by atoms with E-state index in [1.54, 1.807) is 15.8 Å². The SMILES string of the molecule is C=CC(=O)N1CC[C@H](n2nc(C#Cc3c(F)c(OC)nc(OC)c3F)c3c(N)ncc(C)c32)C1. The van der Waals surface area contributed by atoms with Crippen LogP contribution in [0.1, 0.15) is 29.3 Å². The molecule has 11 heteroatoms. The normalized spacial score (nSPS) is 15.2. The second-order valence-electron chi connectivity index (χ2n) is 7.66. The molecule has 1 atom stereocenters. The third-order valence-electron chi connectivity index (χ3n) is 5.64. The molecule has 1 fully saturated rings. The van der Waals surface area contributed by atoms with Crippen LogP contribution in [0.5, 0.6) is 11.8 Å². The number of halogens is 2. The Bertz CT molecular complexity index is 1350. The molecule has 1 amide bonds. The van der Waals surface area contributed by atoms with Crippen molar-refractivity contribution < 1.29 is 23.0 Å². The monoisotopic (exact) mass is 468 g/mol. The van der Waals surface area contributed by atoms with Crippen molar-refractivity contribution in [2.24, 2.45) is 0 Å². The van der Waals surface area contributed by atoms with E-state index in [9.17, 15) is 13.6 Å². The Balaban J connectivity index is 1.86. The standard InChI is InChI=1S/C23H22F2N6O3/c1-5-16(32)30-9-8-13(11-30)31-20-12(2)10-27-21(26)17(20)15(29-31)7-6-14-18(24)22(33-3)28-23(34-4)19(14)25/h5,10,13H,1,8-9,11H2,2-4H3,(H2,26,27)/t13-/m0/s1. The van der Waals surface area contributed by atoms with Crippen LogP contribution >= 0.6 is 0 Å². The number of ether oxygens (including phenoxy) is 2. The van der Waals surface area contributed by atoms with Crippen LogP contribution in [0.2, 0.25) is 0 Å². The maximum absolute atomic E-state index is 14.7. The highest BCUT2D eigenvalue weighted by Crippen LogP contribution is 2.32. The number of amides is 1. The fraction of sp³-hybridized carbons (Fsp3) is 0.304. The van der Waals surface area contributed by atoms with Crippen molar-refractivity contribution in [2.45, 2.75) is 19.4 Å². The van der Waals surface area contributed by atoms with Gasteiger partial charge in [-0.3, -0.25) is 9.48 Å². The number of fused-ring (bicyclic) bond motifs is 1. The second-order valence-corrected chi connectivity index (χ2v) is 7.66. The van der Waals surface area contributed by atoms with Gasteiger partial charge in [0.25, 0.3) is 11.8 Å². The first-order valence-electron chi connectivity index (χ1n) is 10.3. The molecule has 0 aliphatic carbocycles. The first-order chi connectivity index (χ1) is 16.3. The average Bonchev–Trinajstić information content (AvgIpc) is 3.47. The van der Waals surface area contributed by atoms with Crippen LogP contribution in [0.25, 0.3) is 10.9 Å². The van der Waals surface area contributed by atoms with Crippen molar-refractivity contribution in [3.63, 3.8) is 0 Å². The molecular weight excluding hydrogens is 446 g/mol. The first-order valence-corrected chi connectivity index (χ1v) is 10.3. The zero-order valence-corrected chi connectivity index (χ0v) is 18.9. The van der Waals surface area contributed by atoms with Gasteiger partial charge in [0.2, 0.25) is 17.5 Å². The van der Waals surface area contributed by atoms with Crippen LogP contribution in [0.4, 0.5) is 14.6 Å². The van der Waals surface area contributed by atoms with Gasteiger partial charge in [-0.25, -0.2) is 4.98 Å². The average molecular weight is 468 g/mol. The van der Waals surface area contributed by atoms with Gasteiger partial charge >= 0.3 is 0 Å². The van der Waals surface area contributed by atoms with Crippen LogP contribution in [0.3, 0.4) is 0 Å². The van der Waals surface area contributed by atoms with Gasteiger partial charge in [-0.15, -0.1) is 0 Å². The van der Waals surface area contributed by atoms with Gasteiger partial charge in [0.15, 0.2) is 0 Å². The van der Waals surface area contributed by atoms with Crippen LogP contribution in [0, 0.1) is 30.4 Å². The summed E-state index contributed by atoms with van der Waals surface area (Å²) >= 11 is 0. The van der Waals surface area contributed by atoms with Crippen molar-refractivity contribution >= 4 is 22.6 Å². The van der Waals surface area contributed by atoms with Crippen LogP contribution in [-0.4, -0.2) is 57.9 Å². The molecule has 3 aromatic rings. The molecule has 0 unspecified atom stereocenters. The highest BCUT2D eigenvalue weighted by atomic mass is 19.1. The summed E-state index contributed by atoms with van der Waals surface area (Å²) in [6.07, 6.45) is 3.55. The number of nitrogen functional groups attached to an aromatic ring is 1. The Kier molecular flexibility index (Phi) is 6.06. The summed E-state index contributed by atoms with van der Waals surface area (Å²) in [5, 5.41) is 5.08. The van der Waals surface area contributed by atoms with Crippen LogP contribution < -0.4 is 15.2 Å². The number of hydrogen-bond acceptors (Lipinski definition) is 7. The highest BCUT2D eigenvalue weighted by molar-refractivity contribution is 5.95. The van der Waals surface area contributed by atoms with Crippen molar-refractivity contribution in [3.8, 4) is 23.6 Å². The van der Waals surface area contributed by atoms with E-state index in [4.69, 9.17) is 15.2 Å². The molecule has 1 aliphatic heterocycles. The third kappa shape index (κ3) is 3.77. The van der Waals surface area contributed by atoms with E-state index in [1.807, 2.05) is 6.92 Å². The Hall–Kier alpha value is -4.20. The van der Waals surface area contributed by atoms with E-state index in [0.717, 1.165) is 5.56 Å². The number of nitrogens with zero attached hydrogens (tertiary/aromatic N) is 5.